The van der Waals surface area contributed by atoms with Gasteiger partial charge in [0.05, 0.1) is 29.0 Å². The Balaban J connectivity index is 0.00000160. The number of aryl methyl sites for hydroxylation is 2. The number of aromatic nitrogens is 4. The van der Waals surface area contributed by atoms with Crippen molar-refractivity contribution in [2.45, 2.75) is 46.2 Å². The quantitative estimate of drug-likeness (QED) is 0.577. The molecular formula is C21H30Cl2N6O. The number of carbonyl (C=O) groups excluding carboxylic acids is 1. The highest BCUT2D eigenvalue weighted by Crippen LogP contribution is 2.14. The number of aromatic amines is 1. The third-order valence-corrected chi connectivity index (χ3v) is 5.35. The van der Waals surface area contributed by atoms with Crippen molar-refractivity contribution in [3.63, 3.8) is 0 Å². The van der Waals surface area contributed by atoms with Crippen LogP contribution in [0.15, 0.2) is 24.3 Å². The minimum atomic E-state index is 0. The summed E-state index contributed by atoms with van der Waals surface area (Å²) >= 11 is 0. The van der Waals surface area contributed by atoms with Crippen molar-refractivity contribution in [1.82, 2.24) is 30.0 Å². The summed E-state index contributed by atoms with van der Waals surface area (Å²) in [5.74, 6) is 1.11. The minimum absolute atomic E-state index is 0. The summed E-state index contributed by atoms with van der Waals surface area (Å²) in [6.45, 7) is 8.21. The zero-order chi connectivity index (χ0) is 19.5. The molecule has 2 aromatic heterocycles. The highest BCUT2D eigenvalue weighted by atomic mass is 35.5. The molecule has 0 spiro atoms. The summed E-state index contributed by atoms with van der Waals surface area (Å²) in [4.78, 5) is 22.6. The number of hydrogen-bond acceptors (Lipinski definition) is 4. The zero-order valence-electron chi connectivity index (χ0n) is 17.5. The molecule has 1 aliphatic rings. The SMILES string of the molecule is CCN(CCc1nc2ccc(C)cc2[nH]1)C(=O)CCc1cc2n(n1)CCNC2.Cl.Cl. The van der Waals surface area contributed by atoms with Crippen molar-refractivity contribution in [3.05, 3.63) is 47.0 Å². The lowest BCUT2D eigenvalue weighted by Crippen LogP contribution is -2.33. The lowest BCUT2D eigenvalue weighted by molar-refractivity contribution is -0.131. The van der Waals surface area contributed by atoms with Crippen LogP contribution in [0.5, 0.6) is 0 Å². The Morgan fingerprint density at radius 2 is 2.07 bits per heavy atom. The Morgan fingerprint density at radius 3 is 2.83 bits per heavy atom. The molecule has 164 valence electrons. The number of amides is 1. The second-order valence-corrected chi connectivity index (χ2v) is 7.45. The number of imidazole rings is 1. The normalized spacial score (nSPS) is 12.7. The molecule has 0 unspecified atom stereocenters. The summed E-state index contributed by atoms with van der Waals surface area (Å²) in [5, 5.41) is 7.97. The monoisotopic (exact) mass is 452 g/mol. The van der Waals surface area contributed by atoms with Crippen molar-refractivity contribution in [1.29, 1.82) is 0 Å². The van der Waals surface area contributed by atoms with E-state index in [1.54, 1.807) is 0 Å². The van der Waals surface area contributed by atoms with Gasteiger partial charge in [0.15, 0.2) is 0 Å². The molecule has 2 N–H and O–H groups in total. The van der Waals surface area contributed by atoms with E-state index in [9.17, 15) is 4.79 Å². The van der Waals surface area contributed by atoms with Crippen molar-refractivity contribution >= 4 is 41.8 Å². The van der Waals surface area contributed by atoms with Gasteiger partial charge in [-0.15, -0.1) is 24.8 Å². The smallest absolute Gasteiger partial charge is 0.222 e. The molecule has 1 aromatic carbocycles. The molecule has 3 heterocycles. The van der Waals surface area contributed by atoms with Gasteiger partial charge in [-0.05, 0) is 37.6 Å². The largest absolute Gasteiger partial charge is 0.343 e. The molecule has 7 nitrogen and oxygen atoms in total. The molecule has 3 aromatic rings. The molecule has 4 rings (SSSR count). The van der Waals surface area contributed by atoms with Gasteiger partial charge >= 0.3 is 0 Å². The van der Waals surface area contributed by atoms with Crippen LogP contribution in [0.4, 0.5) is 0 Å². The first kappa shape index (κ1) is 24.2. The van der Waals surface area contributed by atoms with Crippen LogP contribution in [0.25, 0.3) is 11.0 Å². The molecule has 0 saturated carbocycles. The van der Waals surface area contributed by atoms with E-state index in [4.69, 9.17) is 0 Å². The molecular weight excluding hydrogens is 423 g/mol. The van der Waals surface area contributed by atoms with E-state index in [-0.39, 0.29) is 30.7 Å². The summed E-state index contributed by atoms with van der Waals surface area (Å²) in [5.41, 5.74) is 5.47. The average molecular weight is 453 g/mol. The van der Waals surface area contributed by atoms with Crippen LogP contribution < -0.4 is 5.32 Å². The van der Waals surface area contributed by atoms with Crippen LogP contribution in [0.3, 0.4) is 0 Å². The number of nitrogens with zero attached hydrogens (tertiary/aromatic N) is 4. The number of rotatable bonds is 7. The number of likely N-dealkylation sites (N-methyl/N-ethyl adjacent to an activating group) is 1. The van der Waals surface area contributed by atoms with Crippen molar-refractivity contribution < 1.29 is 4.79 Å². The van der Waals surface area contributed by atoms with Gasteiger partial charge in [-0.25, -0.2) is 4.98 Å². The van der Waals surface area contributed by atoms with Gasteiger partial charge in [0.1, 0.15) is 5.82 Å². The first-order valence-electron chi connectivity index (χ1n) is 10.1. The predicted octanol–water partition coefficient (Wildman–Crippen LogP) is 3.04. The van der Waals surface area contributed by atoms with E-state index in [0.29, 0.717) is 25.9 Å². The van der Waals surface area contributed by atoms with Crippen molar-refractivity contribution in [2.24, 2.45) is 0 Å². The van der Waals surface area contributed by atoms with E-state index in [1.807, 2.05) is 17.9 Å². The van der Waals surface area contributed by atoms with E-state index >= 15 is 0 Å². The number of hydrogen-bond donors (Lipinski definition) is 2. The first-order chi connectivity index (χ1) is 13.6. The topological polar surface area (TPSA) is 78.8 Å². The van der Waals surface area contributed by atoms with E-state index in [1.165, 1.54) is 11.3 Å². The first-order valence-corrected chi connectivity index (χ1v) is 10.1. The molecule has 9 heteroatoms. The van der Waals surface area contributed by atoms with Crippen LogP contribution in [-0.4, -0.2) is 50.2 Å². The number of H-pyrrole nitrogens is 1. The van der Waals surface area contributed by atoms with Gasteiger partial charge in [-0.1, -0.05) is 6.07 Å². The fourth-order valence-electron chi connectivity index (χ4n) is 3.76. The lowest BCUT2D eigenvalue weighted by atomic mass is 10.2. The van der Waals surface area contributed by atoms with E-state index in [2.05, 4.69) is 50.2 Å². The number of benzene rings is 1. The Morgan fingerprint density at radius 1 is 1.23 bits per heavy atom. The second-order valence-electron chi connectivity index (χ2n) is 7.45. The summed E-state index contributed by atoms with van der Waals surface area (Å²) < 4.78 is 2.05. The number of fused-ring (bicyclic) bond motifs is 2. The van der Waals surface area contributed by atoms with Gasteiger partial charge in [-0.2, -0.15) is 5.10 Å². The fourth-order valence-corrected chi connectivity index (χ4v) is 3.76. The maximum Gasteiger partial charge on any atom is 0.222 e. The maximum atomic E-state index is 12.7. The molecule has 1 amide bonds. The average Bonchev–Trinajstić information content (AvgIpc) is 3.29. The van der Waals surface area contributed by atoms with Crippen LogP contribution in [-0.2, 0) is 30.7 Å². The Kier molecular flexibility index (Phi) is 8.70. The number of carbonyl (C=O) groups is 1. The second kappa shape index (κ2) is 10.8. The number of halogens is 2. The molecule has 0 radical (unpaired) electrons. The Hall–Kier alpha value is -2.09. The van der Waals surface area contributed by atoms with Gasteiger partial charge in [0.25, 0.3) is 0 Å². The summed E-state index contributed by atoms with van der Waals surface area (Å²) in [6.07, 6.45) is 1.92. The van der Waals surface area contributed by atoms with E-state index in [0.717, 1.165) is 48.6 Å². The lowest BCUT2D eigenvalue weighted by Gasteiger charge is -2.20. The number of nitrogens with one attached hydrogen (secondary N) is 2. The van der Waals surface area contributed by atoms with Crippen LogP contribution in [0.1, 0.15) is 36.1 Å². The van der Waals surface area contributed by atoms with Gasteiger partial charge in [0, 0.05) is 45.4 Å². The highest BCUT2D eigenvalue weighted by molar-refractivity contribution is 5.85. The van der Waals surface area contributed by atoms with Crippen LogP contribution in [0.2, 0.25) is 0 Å². The Labute approximate surface area is 189 Å². The zero-order valence-corrected chi connectivity index (χ0v) is 19.1. The molecule has 0 bridgehead atoms. The summed E-state index contributed by atoms with van der Waals surface area (Å²) in [7, 11) is 0. The molecule has 0 aliphatic carbocycles. The van der Waals surface area contributed by atoms with Crippen molar-refractivity contribution in [2.75, 3.05) is 19.6 Å². The maximum absolute atomic E-state index is 12.7. The molecule has 0 fully saturated rings. The Bertz CT molecular complexity index is 960. The molecule has 30 heavy (non-hydrogen) atoms. The highest BCUT2D eigenvalue weighted by Gasteiger charge is 2.16. The fraction of sp³-hybridized carbons (Fsp3) is 0.476. The third-order valence-electron chi connectivity index (χ3n) is 5.35. The van der Waals surface area contributed by atoms with Gasteiger partial charge in [0.2, 0.25) is 5.91 Å². The molecule has 0 atom stereocenters. The predicted molar refractivity (Wildman–Crippen MR) is 124 cm³/mol. The van der Waals surface area contributed by atoms with E-state index < -0.39 is 0 Å². The standard InChI is InChI=1S/C21H28N6O.2ClH/c1-3-26(10-8-20-23-18-6-4-15(2)12-19(18)24-20)21(28)7-5-16-13-17-14-22-9-11-27(17)25-16;;/h4,6,12-13,22H,3,5,7-11,14H2,1-2H3,(H,23,24);2*1H. The van der Waals surface area contributed by atoms with Crippen molar-refractivity contribution in [3.8, 4) is 0 Å². The minimum Gasteiger partial charge on any atom is -0.343 e. The van der Waals surface area contributed by atoms with Crippen LogP contribution >= 0.6 is 24.8 Å². The van der Waals surface area contributed by atoms with Gasteiger partial charge in [-0.3, -0.25) is 9.48 Å². The van der Waals surface area contributed by atoms with Gasteiger partial charge < -0.3 is 15.2 Å². The molecule has 0 saturated heterocycles. The third kappa shape index (κ3) is 5.53. The molecule has 1 aliphatic heterocycles. The van der Waals surface area contributed by atoms with Crippen LogP contribution in [0, 0.1) is 6.92 Å². The summed E-state index contributed by atoms with van der Waals surface area (Å²) in [6, 6.07) is 8.33.